The molecule has 0 aliphatic heterocycles. The maximum absolute atomic E-state index is 12.8. The molecule has 162 valence electrons. The molecule has 0 aliphatic rings. The summed E-state index contributed by atoms with van der Waals surface area (Å²) in [5, 5.41) is 7.78. The minimum absolute atomic E-state index is 0.103. The fourth-order valence-electron chi connectivity index (χ4n) is 3.77. The van der Waals surface area contributed by atoms with Crippen molar-refractivity contribution in [2.24, 2.45) is 5.92 Å². The summed E-state index contributed by atoms with van der Waals surface area (Å²) in [6.45, 7) is 7.54. The molecule has 6 heteroatoms. The van der Waals surface area contributed by atoms with Gasteiger partial charge in [-0.1, -0.05) is 56.3 Å². The molecule has 2 amide bonds. The highest BCUT2D eigenvalue weighted by Crippen LogP contribution is 2.19. The van der Waals surface area contributed by atoms with Crippen LogP contribution in [0, 0.1) is 19.8 Å². The second-order valence-electron chi connectivity index (χ2n) is 8.27. The minimum Gasteiger partial charge on any atom is -0.350 e. The number of amides is 2. The number of nitrogens with one attached hydrogen (secondary N) is 3. The highest BCUT2D eigenvalue weighted by atomic mass is 16.2. The van der Waals surface area contributed by atoms with Gasteiger partial charge in [-0.15, -0.1) is 0 Å². The van der Waals surface area contributed by atoms with Crippen molar-refractivity contribution in [3.05, 3.63) is 81.3 Å². The number of carbonyl (C=O) groups excluding carboxylic acids is 2. The van der Waals surface area contributed by atoms with Crippen molar-refractivity contribution in [2.45, 2.75) is 46.7 Å². The zero-order chi connectivity index (χ0) is 22.5. The molecule has 2 aromatic carbocycles. The lowest BCUT2D eigenvalue weighted by Gasteiger charge is -2.22. The third-order valence-corrected chi connectivity index (χ3v) is 5.43. The van der Waals surface area contributed by atoms with E-state index in [1.807, 2.05) is 76.2 Å². The first-order valence-corrected chi connectivity index (χ1v) is 10.5. The number of hydrogen-bond acceptors (Lipinski definition) is 3. The van der Waals surface area contributed by atoms with Crippen molar-refractivity contribution in [1.82, 2.24) is 15.6 Å². The van der Waals surface area contributed by atoms with Gasteiger partial charge in [0.1, 0.15) is 6.04 Å². The molecule has 0 saturated carbocycles. The second kappa shape index (κ2) is 9.60. The Hall–Kier alpha value is -3.41. The Morgan fingerprint density at radius 3 is 2.45 bits per heavy atom. The first-order chi connectivity index (χ1) is 14.8. The van der Waals surface area contributed by atoms with Crippen molar-refractivity contribution < 1.29 is 9.59 Å². The monoisotopic (exact) mass is 419 g/mol. The summed E-state index contributed by atoms with van der Waals surface area (Å²) in [6.07, 6.45) is 0.189. The highest BCUT2D eigenvalue weighted by Gasteiger charge is 2.24. The fourth-order valence-corrected chi connectivity index (χ4v) is 3.77. The van der Waals surface area contributed by atoms with E-state index in [0.29, 0.717) is 5.56 Å². The van der Waals surface area contributed by atoms with Gasteiger partial charge < -0.3 is 15.6 Å². The molecule has 1 heterocycles. The van der Waals surface area contributed by atoms with Crippen LogP contribution in [-0.2, 0) is 22.6 Å². The van der Waals surface area contributed by atoms with Crippen LogP contribution in [0.2, 0.25) is 0 Å². The van der Waals surface area contributed by atoms with E-state index in [4.69, 9.17) is 0 Å². The zero-order valence-electron chi connectivity index (χ0n) is 18.4. The first kappa shape index (κ1) is 22.3. The van der Waals surface area contributed by atoms with Crippen molar-refractivity contribution in [2.75, 3.05) is 0 Å². The van der Waals surface area contributed by atoms with E-state index in [0.717, 1.165) is 27.6 Å². The lowest BCUT2D eigenvalue weighted by molar-refractivity contribution is -0.129. The number of benzene rings is 2. The molecule has 1 aromatic heterocycles. The Morgan fingerprint density at radius 2 is 1.74 bits per heavy atom. The molecule has 0 bridgehead atoms. The maximum atomic E-state index is 12.8. The molecule has 3 rings (SSSR count). The smallest absolute Gasteiger partial charge is 0.253 e. The summed E-state index contributed by atoms with van der Waals surface area (Å²) in [4.78, 5) is 40.5. The van der Waals surface area contributed by atoms with Crippen molar-refractivity contribution in [3.8, 4) is 0 Å². The summed E-state index contributed by atoms with van der Waals surface area (Å²) in [5.74, 6) is -0.621. The van der Waals surface area contributed by atoms with Gasteiger partial charge in [0, 0.05) is 17.8 Å². The maximum Gasteiger partial charge on any atom is 0.253 e. The number of rotatable bonds is 7. The first-order valence-electron chi connectivity index (χ1n) is 10.5. The summed E-state index contributed by atoms with van der Waals surface area (Å²) < 4.78 is 0. The van der Waals surface area contributed by atoms with Crippen LogP contribution in [0.3, 0.4) is 0 Å². The van der Waals surface area contributed by atoms with Crippen molar-refractivity contribution >= 4 is 22.6 Å². The number of fused-ring (bicyclic) bond motifs is 1. The van der Waals surface area contributed by atoms with Gasteiger partial charge in [0.15, 0.2) is 0 Å². The van der Waals surface area contributed by atoms with Crippen LogP contribution < -0.4 is 16.2 Å². The lowest BCUT2D eigenvalue weighted by Crippen LogP contribution is -2.50. The largest absolute Gasteiger partial charge is 0.350 e. The van der Waals surface area contributed by atoms with Gasteiger partial charge in [-0.25, -0.2) is 0 Å². The van der Waals surface area contributed by atoms with Crippen LogP contribution in [0.15, 0.2) is 53.3 Å². The molecule has 0 aliphatic carbocycles. The number of H-pyrrole nitrogens is 1. The Labute approximate surface area is 182 Å². The van der Waals surface area contributed by atoms with Gasteiger partial charge in [-0.2, -0.15) is 0 Å². The second-order valence-corrected chi connectivity index (χ2v) is 8.27. The van der Waals surface area contributed by atoms with Gasteiger partial charge in [-0.05, 0) is 47.7 Å². The molecule has 1 atom stereocenters. The van der Waals surface area contributed by atoms with Gasteiger partial charge >= 0.3 is 0 Å². The van der Waals surface area contributed by atoms with E-state index >= 15 is 0 Å². The van der Waals surface area contributed by atoms with Crippen molar-refractivity contribution in [3.63, 3.8) is 0 Å². The molecular weight excluding hydrogens is 390 g/mol. The van der Waals surface area contributed by atoms with E-state index in [2.05, 4.69) is 15.6 Å². The van der Waals surface area contributed by atoms with Gasteiger partial charge in [-0.3, -0.25) is 14.4 Å². The van der Waals surface area contributed by atoms with E-state index in [9.17, 15) is 14.4 Å². The summed E-state index contributed by atoms with van der Waals surface area (Å²) >= 11 is 0. The molecule has 0 unspecified atom stereocenters. The average molecular weight is 420 g/mol. The van der Waals surface area contributed by atoms with E-state index in [1.54, 1.807) is 0 Å². The highest BCUT2D eigenvalue weighted by molar-refractivity contribution is 5.92. The number of aryl methyl sites for hydroxylation is 2. The average Bonchev–Trinajstić information content (AvgIpc) is 2.71. The number of carbonyl (C=O) groups is 2. The van der Waals surface area contributed by atoms with Gasteiger partial charge in [0.2, 0.25) is 11.8 Å². The van der Waals surface area contributed by atoms with Crippen LogP contribution in [0.1, 0.15) is 36.2 Å². The molecule has 0 fully saturated rings. The van der Waals surface area contributed by atoms with Crippen molar-refractivity contribution in [1.29, 1.82) is 0 Å². The summed E-state index contributed by atoms with van der Waals surface area (Å²) in [6, 6.07) is 15.0. The topological polar surface area (TPSA) is 91.1 Å². The van der Waals surface area contributed by atoms with Gasteiger partial charge in [0.25, 0.3) is 5.56 Å². The molecule has 0 radical (unpaired) electrons. The third-order valence-electron chi connectivity index (χ3n) is 5.43. The van der Waals surface area contributed by atoms with Crippen LogP contribution in [0.25, 0.3) is 10.8 Å². The number of pyridine rings is 1. The third kappa shape index (κ3) is 5.40. The predicted octanol–water partition coefficient (Wildman–Crippen LogP) is 3.14. The fraction of sp³-hybridized carbons (Fsp3) is 0.320. The molecule has 31 heavy (non-hydrogen) atoms. The lowest BCUT2D eigenvalue weighted by atomic mass is 10.00. The number of aromatic amines is 1. The quantitative estimate of drug-likeness (QED) is 0.549. The van der Waals surface area contributed by atoms with Crippen LogP contribution >= 0.6 is 0 Å². The molecule has 0 saturated heterocycles. The standard InChI is InChI=1S/C25H29N3O3/c1-15(2)23(25(31)26-14-21-16(3)12-17(4)27-24(21)30)28-22(29)13-19-10-7-9-18-8-5-6-11-20(18)19/h5-12,15,23H,13-14H2,1-4H3,(H,26,31)(H,27,30)(H,28,29)/t23-/m0/s1. The Kier molecular flexibility index (Phi) is 6.90. The molecule has 3 N–H and O–H groups in total. The van der Waals surface area contributed by atoms with Gasteiger partial charge in [0.05, 0.1) is 6.42 Å². The normalized spacial score (nSPS) is 12.0. The number of aromatic nitrogens is 1. The number of hydrogen-bond donors (Lipinski definition) is 3. The molecule has 6 nitrogen and oxygen atoms in total. The predicted molar refractivity (Wildman–Crippen MR) is 123 cm³/mol. The van der Waals surface area contributed by atoms with Crippen LogP contribution in [0.4, 0.5) is 0 Å². The van der Waals surface area contributed by atoms with Crippen LogP contribution in [0.5, 0.6) is 0 Å². The summed E-state index contributed by atoms with van der Waals surface area (Å²) in [5.41, 5.74) is 2.82. The SMILES string of the molecule is Cc1cc(C)c(CNC(=O)[C@@H](NC(=O)Cc2cccc3ccccc23)C(C)C)c(=O)[nH]1. The molecule has 0 spiro atoms. The Balaban J connectivity index is 1.68. The Bertz CT molecular complexity index is 1160. The summed E-state index contributed by atoms with van der Waals surface area (Å²) in [7, 11) is 0. The van der Waals surface area contributed by atoms with E-state index in [1.165, 1.54) is 0 Å². The van der Waals surface area contributed by atoms with E-state index in [-0.39, 0.29) is 36.3 Å². The van der Waals surface area contributed by atoms with E-state index < -0.39 is 6.04 Å². The molecule has 3 aromatic rings. The zero-order valence-corrected chi connectivity index (χ0v) is 18.4. The Morgan fingerprint density at radius 1 is 1.03 bits per heavy atom. The minimum atomic E-state index is -0.688. The van der Waals surface area contributed by atoms with Crippen LogP contribution in [-0.4, -0.2) is 22.8 Å². The molecular formula is C25H29N3O3.